The molecule has 1 heterocycles. The first-order valence-electron chi connectivity index (χ1n) is 4.80. The first-order valence-corrected chi connectivity index (χ1v) is 4.80. The van der Waals surface area contributed by atoms with Crippen molar-refractivity contribution in [1.29, 1.82) is 0 Å². The molecule has 1 fully saturated rings. The fourth-order valence-electron chi connectivity index (χ4n) is 1.58. The molecule has 0 aliphatic carbocycles. The minimum absolute atomic E-state index is 0.237. The first-order chi connectivity index (χ1) is 6.71. The minimum Gasteiger partial charge on any atom is -0.383 e. The van der Waals surface area contributed by atoms with Crippen LogP contribution in [0.5, 0.6) is 0 Å². The molecule has 14 heavy (non-hydrogen) atoms. The first kappa shape index (κ1) is 9.65. The maximum atomic E-state index is 9.89. The zero-order valence-electron chi connectivity index (χ0n) is 8.02. The predicted octanol–water partition coefficient (Wildman–Crippen LogP) is 0.318. The molecule has 3 N–H and O–H groups in total. The molecule has 1 aromatic carbocycles. The smallest absolute Gasteiger partial charge is 0.126 e. The number of ether oxygens (including phenoxy) is 1. The Morgan fingerprint density at radius 1 is 1.36 bits per heavy atom. The van der Waals surface area contributed by atoms with Gasteiger partial charge in [0.25, 0.3) is 0 Å². The Morgan fingerprint density at radius 3 is 2.50 bits per heavy atom. The van der Waals surface area contributed by atoms with Crippen LogP contribution < -0.4 is 5.73 Å². The van der Waals surface area contributed by atoms with E-state index in [1.807, 2.05) is 30.3 Å². The average molecular weight is 193 g/mol. The average Bonchev–Trinajstić information content (AvgIpc) is 2.15. The van der Waals surface area contributed by atoms with Gasteiger partial charge in [0.15, 0.2) is 0 Å². The second kappa shape index (κ2) is 3.69. The Hall–Kier alpha value is -0.900. The van der Waals surface area contributed by atoms with E-state index in [0.717, 1.165) is 5.56 Å². The third-order valence-electron chi connectivity index (χ3n) is 2.69. The lowest BCUT2D eigenvalue weighted by atomic mass is 9.88. The van der Waals surface area contributed by atoms with Crippen molar-refractivity contribution in [2.45, 2.75) is 18.1 Å². The fourth-order valence-corrected chi connectivity index (χ4v) is 1.58. The summed E-state index contributed by atoms with van der Waals surface area (Å²) in [4.78, 5) is 0. The van der Waals surface area contributed by atoms with Gasteiger partial charge in [-0.2, -0.15) is 0 Å². The van der Waals surface area contributed by atoms with E-state index in [-0.39, 0.29) is 6.04 Å². The SMILES string of the molecule is NC(Cc1ccccc1)C1(O)COC1. The van der Waals surface area contributed by atoms with E-state index in [0.29, 0.717) is 19.6 Å². The van der Waals surface area contributed by atoms with E-state index < -0.39 is 5.60 Å². The van der Waals surface area contributed by atoms with Gasteiger partial charge >= 0.3 is 0 Å². The van der Waals surface area contributed by atoms with Crippen LogP contribution in [0.15, 0.2) is 30.3 Å². The van der Waals surface area contributed by atoms with Gasteiger partial charge in [-0.15, -0.1) is 0 Å². The second-order valence-corrected chi connectivity index (χ2v) is 3.89. The van der Waals surface area contributed by atoms with Gasteiger partial charge in [-0.05, 0) is 12.0 Å². The topological polar surface area (TPSA) is 55.5 Å². The molecule has 1 aliphatic rings. The van der Waals surface area contributed by atoms with E-state index in [4.69, 9.17) is 10.5 Å². The molecule has 3 nitrogen and oxygen atoms in total. The molecule has 0 aromatic heterocycles. The molecule has 0 radical (unpaired) electrons. The van der Waals surface area contributed by atoms with Crippen LogP contribution in [0.4, 0.5) is 0 Å². The molecule has 0 saturated carbocycles. The highest BCUT2D eigenvalue weighted by Gasteiger charge is 2.41. The van der Waals surface area contributed by atoms with Gasteiger partial charge in [-0.3, -0.25) is 0 Å². The van der Waals surface area contributed by atoms with Gasteiger partial charge in [-0.25, -0.2) is 0 Å². The normalized spacial score (nSPS) is 21.3. The van der Waals surface area contributed by atoms with Crippen LogP contribution in [0.25, 0.3) is 0 Å². The van der Waals surface area contributed by atoms with Crippen LogP contribution in [0.1, 0.15) is 5.56 Å². The highest BCUT2D eigenvalue weighted by molar-refractivity contribution is 5.17. The number of benzene rings is 1. The molecule has 1 atom stereocenters. The summed E-state index contributed by atoms with van der Waals surface area (Å²) in [6.07, 6.45) is 0.695. The van der Waals surface area contributed by atoms with Gasteiger partial charge in [0.1, 0.15) is 5.60 Å². The molecule has 0 spiro atoms. The Labute approximate surface area is 83.5 Å². The molecule has 1 aromatic rings. The molecule has 1 aliphatic heterocycles. The number of aliphatic hydroxyl groups is 1. The molecule has 2 rings (SSSR count). The number of rotatable bonds is 3. The van der Waals surface area contributed by atoms with Crippen LogP contribution in [0.2, 0.25) is 0 Å². The van der Waals surface area contributed by atoms with Crippen LogP contribution >= 0.6 is 0 Å². The van der Waals surface area contributed by atoms with Crippen molar-refractivity contribution < 1.29 is 9.84 Å². The van der Waals surface area contributed by atoms with E-state index in [1.165, 1.54) is 0 Å². The van der Waals surface area contributed by atoms with Gasteiger partial charge < -0.3 is 15.6 Å². The summed E-state index contributed by atoms with van der Waals surface area (Å²) in [6.45, 7) is 0.724. The van der Waals surface area contributed by atoms with Crippen molar-refractivity contribution in [2.24, 2.45) is 5.73 Å². The van der Waals surface area contributed by atoms with Crippen molar-refractivity contribution in [3.63, 3.8) is 0 Å². The lowest BCUT2D eigenvalue weighted by Gasteiger charge is -2.41. The van der Waals surface area contributed by atoms with E-state index in [2.05, 4.69) is 0 Å². The molecule has 0 amide bonds. The number of hydrogen-bond acceptors (Lipinski definition) is 3. The summed E-state index contributed by atoms with van der Waals surface area (Å²) in [5.74, 6) is 0. The van der Waals surface area contributed by atoms with E-state index >= 15 is 0 Å². The third-order valence-corrected chi connectivity index (χ3v) is 2.69. The van der Waals surface area contributed by atoms with Crippen molar-refractivity contribution in [2.75, 3.05) is 13.2 Å². The summed E-state index contributed by atoms with van der Waals surface area (Å²) < 4.78 is 4.97. The molecule has 3 heteroatoms. The maximum Gasteiger partial charge on any atom is 0.126 e. The molecule has 1 saturated heterocycles. The zero-order chi connectivity index (χ0) is 10.0. The predicted molar refractivity (Wildman–Crippen MR) is 53.9 cm³/mol. The van der Waals surface area contributed by atoms with Crippen LogP contribution in [-0.4, -0.2) is 30.0 Å². The standard InChI is InChI=1S/C11H15NO2/c12-10(11(13)7-14-8-11)6-9-4-2-1-3-5-9/h1-5,10,13H,6-8,12H2. The van der Waals surface area contributed by atoms with Crippen molar-refractivity contribution in [3.05, 3.63) is 35.9 Å². The Balaban J connectivity index is 1.98. The molecule has 1 unspecified atom stereocenters. The van der Waals surface area contributed by atoms with Gasteiger partial charge in [0, 0.05) is 6.04 Å². The third kappa shape index (κ3) is 1.80. The zero-order valence-corrected chi connectivity index (χ0v) is 8.02. The second-order valence-electron chi connectivity index (χ2n) is 3.89. The van der Waals surface area contributed by atoms with Crippen LogP contribution in [-0.2, 0) is 11.2 Å². The quantitative estimate of drug-likeness (QED) is 0.726. The van der Waals surface area contributed by atoms with Crippen molar-refractivity contribution in [3.8, 4) is 0 Å². The van der Waals surface area contributed by atoms with Crippen LogP contribution in [0, 0.1) is 0 Å². The minimum atomic E-state index is -0.810. The van der Waals surface area contributed by atoms with E-state index in [1.54, 1.807) is 0 Å². The fraction of sp³-hybridized carbons (Fsp3) is 0.455. The highest BCUT2D eigenvalue weighted by atomic mass is 16.5. The summed E-state index contributed by atoms with van der Waals surface area (Å²) in [6, 6.07) is 9.72. The molecular formula is C11H15NO2. The molecule has 76 valence electrons. The number of hydrogen-bond donors (Lipinski definition) is 2. The Bertz CT molecular complexity index is 295. The van der Waals surface area contributed by atoms with Crippen molar-refractivity contribution >= 4 is 0 Å². The summed E-state index contributed by atoms with van der Waals surface area (Å²) in [5.41, 5.74) is 6.26. The monoisotopic (exact) mass is 193 g/mol. The Morgan fingerprint density at radius 2 is 2.00 bits per heavy atom. The van der Waals surface area contributed by atoms with Gasteiger partial charge in [-0.1, -0.05) is 30.3 Å². The van der Waals surface area contributed by atoms with Gasteiger partial charge in [0.2, 0.25) is 0 Å². The number of nitrogens with two attached hydrogens (primary N) is 1. The van der Waals surface area contributed by atoms with E-state index in [9.17, 15) is 5.11 Å². The highest BCUT2D eigenvalue weighted by Crippen LogP contribution is 2.22. The maximum absolute atomic E-state index is 9.89. The lowest BCUT2D eigenvalue weighted by molar-refractivity contribution is -0.189. The summed E-state index contributed by atoms with van der Waals surface area (Å²) in [5, 5.41) is 9.89. The summed E-state index contributed by atoms with van der Waals surface area (Å²) >= 11 is 0. The van der Waals surface area contributed by atoms with Crippen molar-refractivity contribution in [1.82, 2.24) is 0 Å². The van der Waals surface area contributed by atoms with Gasteiger partial charge in [0.05, 0.1) is 13.2 Å². The largest absolute Gasteiger partial charge is 0.383 e. The molecule has 0 bridgehead atoms. The Kier molecular flexibility index (Phi) is 2.54. The lowest BCUT2D eigenvalue weighted by Crippen LogP contribution is -2.62. The summed E-state index contributed by atoms with van der Waals surface area (Å²) in [7, 11) is 0. The molecular weight excluding hydrogens is 178 g/mol. The van der Waals surface area contributed by atoms with Crippen LogP contribution in [0.3, 0.4) is 0 Å².